The second-order valence-corrected chi connectivity index (χ2v) is 8.51. The molecule has 1 aromatic rings. The van der Waals surface area contributed by atoms with Crippen LogP contribution in [0.2, 0.25) is 0 Å². The van der Waals surface area contributed by atoms with Crippen molar-refractivity contribution in [3.63, 3.8) is 0 Å². The third-order valence-electron chi connectivity index (χ3n) is 4.99. The Morgan fingerprint density at radius 2 is 1.83 bits per heavy atom. The second kappa shape index (κ2) is 7.21. The van der Waals surface area contributed by atoms with Crippen LogP contribution in [0.5, 0.6) is 0 Å². The van der Waals surface area contributed by atoms with Gasteiger partial charge in [-0.1, -0.05) is 24.3 Å². The number of hydrogen-bond acceptors (Lipinski definition) is 4. The van der Waals surface area contributed by atoms with Crippen LogP contribution in [0.25, 0.3) is 0 Å². The Morgan fingerprint density at radius 3 is 2.50 bits per heavy atom. The van der Waals surface area contributed by atoms with E-state index in [1.54, 1.807) is 4.90 Å². The number of nitrogens with zero attached hydrogens (tertiary/aromatic N) is 2. The summed E-state index contributed by atoms with van der Waals surface area (Å²) in [6.45, 7) is 2.91. The molecule has 1 aromatic carbocycles. The van der Waals surface area contributed by atoms with Crippen molar-refractivity contribution in [3.05, 3.63) is 35.4 Å². The lowest BCUT2D eigenvalue weighted by Gasteiger charge is -2.41. The molecular formula is C17H25N3O3S. The lowest BCUT2D eigenvalue weighted by Crippen LogP contribution is -2.54. The number of nitrogens with one attached hydrogen (secondary N) is 1. The van der Waals surface area contributed by atoms with E-state index >= 15 is 0 Å². The van der Waals surface area contributed by atoms with E-state index in [1.807, 2.05) is 0 Å². The summed E-state index contributed by atoms with van der Waals surface area (Å²) in [5.74, 6) is -0.144. The van der Waals surface area contributed by atoms with Crippen molar-refractivity contribution < 1.29 is 13.2 Å². The lowest BCUT2D eigenvalue weighted by atomic mass is 9.87. The first-order chi connectivity index (χ1) is 11.4. The molecule has 1 heterocycles. The van der Waals surface area contributed by atoms with Crippen LogP contribution in [-0.2, 0) is 27.7 Å². The highest BCUT2D eigenvalue weighted by Gasteiger charge is 2.28. The van der Waals surface area contributed by atoms with Crippen LogP contribution < -0.4 is 4.72 Å². The molecule has 0 radical (unpaired) electrons. The summed E-state index contributed by atoms with van der Waals surface area (Å²) in [6, 6.07) is 9.20. The molecule has 24 heavy (non-hydrogen) atoms. The average molecular weight is 351 g/mol. The molecule has 3 rings (SSSR count). The number of sulfonamides is 1. The number of carbonyl (C=O) groups is 1. The summed E-state index contributed by atoms with van der Waals surface area (Å²) >= 11 is 0. The summed E-state index contributed by atoms with van der Waals surface area (Å²) in [5, 5.41) is 0. The first-order valence-corrected chi connectivity index (χ1v) is 10.3. The number of amides is 1. The number of benzene rings is 1. The molecular weight excluding hydrogens is 326 g/mol. The van der Waals surface area contributed by atoms with E-state index in [2.05, 4.69) is 33.9 Å². The van der Waals surface area contributed by atoms with E-state index in [4.69, 9.17) is 0 Å². The maximum Gasteiger partial charge on any atom is 0.237 e. The van der Waals surface area contributed by atoms with E-state index < -0.39 is 10.0 Å². The van der Waals surface area contributed by atoms with Gasteiger partial charge in [0.1, 0.15) is 0 Å². The van der Waals surface area contributed by atoms with Gasteiger partial charge in [0.25, 0.3) is 0 Å². The molecule has 0 saturated carbocycles. The molecule has 1 saturated heterocycles. The Kier molecular flexibility index (Phi) is 5.22. The Labute approximate surface area is 143 Å². The van der Waals surface area contributed by atoms with Crippen LogP contribution in [0.15, 0.2) is 24.3 Å². The van der Waals surface area contributed by atoms with Crippen LogP contribution >= 0.6 is 0 Å². The van der Waals surface area contributed by atoms with Gasteiger partial charge in [-0.3, -0.25) is 9.69 Å². The minimum absolute atomic E-state index is 0.143. The first-order valence-electron chi connectivity index (χ1n) is 8.45. The standard InChI is InChI=1S/C17H25N3O3S/c1-24(22,23)18-13-17(21)20-10-8-19(9-11-20)16-7-6-14-4-2-3-5-15(14)12-16/h2-5,16,18H,6-13H2,1H3/t16-/m0/s1. The average Bonchev–Trinajstić information content (AvgIpc) is 2.59. The molecule has 7 heteroatoms. The minimum atomic E-state index is -3.32. The predicted molar refractivity (Wildman–Crippen MR) is 93.3 cm³/mol. The van der Waals surface area contributed by atoms with E-state index in [-0.39, 0.29) is 12.5 Å². The van der Waals surface area contributed by atoms with Gasteiger partial charge >= 0.3 is 0 Å². The van der Waals surface area contributed by atoms with Gasteiger partial charge in [-0.05, 0) is 30.4 Å². The first kappa shape index (κ1) is 17.4. The van der Waals surface area contributed by atoms with Crippen LogP contribution in [0.4, 0.5) is 0 Å². The van der Waals surface area contributed by atoms with Crippen LogP contribution in [-0.4, -0.2) is 69.1 Å². The summed E-state index contributed by atoms with van der Waals surface area (Å²) in [6.07, 6.45) is 4.44. The largest absolute Gasteiger partial charge is 0.339 e. The molecule has 1 amide bonds. The molecule has 1 fully saturated rings. The minimum Gasteiger partial charge on any atom is -0.339 e. The summed E-state index contributed by atoms with van der Waals surface area (Å²) < 4.78 is 24.4. The third-order valence-corrected chi connectivity index (χ3v) is 5.66. The smallest absolute Gasteiger partial charge is 0.237 e. The van der Waals surface area contributed by atoms with Gasteiger partial charge in [-0.15, -0.1) is 0 Å². The number of hydrogen-bond donors (Lipinski definition) is 1. The topological polar surface area (TPSA) is 69.7 Å². The van der Waals surface area contributed by atoms with Crippen molar-refractivity contribution in [2.45, 2.75) is 25.3 Å². The molecule has 132 valence electrons. The summed E-state index contributed by atoms with van der Waals surface area (Å²) in [7, 11) is -3.32. The molecule has 6 nitrogen and oxygen atoms in total. The number of carbonyl (C=O) groups excluding carboxylic acids is 1. The van der Waals surface area contributed by atoms with Crippen molar-refractivity contribution in [1.29, 1.82) is 0 Å². The van der Waals surface area contributed by atoms with E-state index in [9.17, 15) is 13.2 Å². The molecule has 1 atom stereocenters. The monoisotopic (exact) mass is 351 g/mol. The van der Waals surface area contributed by atoms with Gasteiger partial charge in [-0.25, -0.2) is 13.1 Å². The van der Waals surface area contributed by atoms with E-state index in [0.717, 1.165) is 32.2 Å². The molecule has 1 N–H and O–H groups in total. The molecule has 0 spiro atoms. The van der Waals surface area contributed by atoms with E-state index in [0.29, 0.717) is 19.1 Å². The van der Waals surface area contributed by atoms with Gasteiger partial charge < -0.3 is 4.90 Å². The summed E-state index contributed by atoms with van der Waals surface area (Å²) in [4.78, 5) is 16.3. The Hall–Kier alpha value is -1.44. The third kappa shape index (κ3) is 4.34. The SMILES string of the molecule is CS(=O)(=O)NCC(=O)N1CCN([C@H]2CCc3ccccc3C2)CC1. The van der Waals surface area contributed by atoms with Crippen molar-refractivity contribution in [1.82, 2.24) is 14.5 Å². The summed E-state index contributed by atoms with van der Waals surface area (Å²) in [5.41, 5.74) is 2.92. The number of piperazine rings is 1. The number of aryl methyl sites for hydroxylation is 1. The molecule has 1 aliphatic carbocycles. The zero-order valence-electron chi connectivity index (χ0n) is 14.1. The molecule has 0 unspecified atom stereocenters. The van der Waals surface area contributed by atoms with Gasteiger partial charge in [0.2, 0.25) is 15.9 Å². The highest BCUT2D eigenvalue weighted by Crippen LogP contribution is 2.25. The lowest BCUT2D eigenvalue weighted by molar-refractivity contribution is -0.132. The molecule has 2 aliphatic rings. The Morgan fingerprint density at radius 1 is 1.17 bits per heavy atom. The predicted octanol–water partition coefficient (Wildman–Crippen LogP) is 0.237. The van der Waals surface area contributed by atoms with Crippen LogP contribution in [0, 0.1) is 0 Å². The normalized spacial score (nSPS) is 22.2. The van der Waals surface area contributed by atoms with Gasteiger partial charge in [0, 0.05) is 32.2 Å². The quantitative estimate of drug-likeness (QED) is 0.844. The zero-order chi connectivity index (χ0) is 17.2. The molecule has 0 bridgehead atoms. The maximum atomic E-state index is 12.1. The highest BCUT2D eigenvalue weighted by atomic mass is 32.2. The number of rotatable bonds is 4. The zero-order valence-corrected chi connectivity index (χ0v) is 14.9. The van der Waals surface area contributed by atoms with Crippen molar-refractivity contribution in [3.8, 4) is 0 Å². The fraction of sp³-hybridized carbons (Fsp3) is 0.588. The second-order valence-electron chi connectivity index (χ2n) is 6.68. The maximum absolute atomic E-state index is 12.1. The molecule has 1 aliphatic heterocycles. The fourth-order valence-corrected chi connectivity index (χ4v) is 4.02. The van der Waals surface area contributed by atoms with Crippen LogP contribution in [0.3, 0.4) is 0 Å². The van der Waals surface area contributed by atoms with E-state index in [1.165, 1.54) is 17.5 Å². The molecule has 0 aromatic heterocycles. The fourth-order valence-electron chi connectivity index (χ4n) is 3.63. The Balaban J connectivity index is 1.50. The van der Waals surface area contributed by atoms with Crippen molar-refractivity contribution in [2.24, 2.45) is 0 Å². The van der Waals surface area contributed by atoms with Crippen molar-refractivity contribution in [2.75, 3.05) is 39.0 Å². The van der Waals surface area contributed by atoms with Gasteiger partial charge in [0.05, 0.1) is 12.8 Å². The number of fused-ring (bicyclic) bond motifs is 1. The highest BCUT2D eigenvalue weighted by molar-refractivity contribution is 7.88. The van der Waals surface area contributed by atoms with Gasteiger partial charge in [-0.2, -0.15) is 0 Å². The Bertz CT molecular complexity index is 697. The van der Waals surface area contributed by atoms with Crippen molar-refractivity contribution >= 4 is 15.9 Å². The van der Waals surface area contributed by atoms with Gasteiger partial charge in [0.15, 0.2) is 0 Å². The van der Waals surface area contributed by atoms with Crippen LogP contribution in [0.1, 0.15) is 17.5 Å².